The quantitative estimate of drug-likeness (QED) is 0.310. The lowest BCUT2D eigenvalue weighted by Gasteiger charge is -1.88. The van der Waals surface area contributed by atoms with Gasteiger partial charge in [-0.3, -0.25) is 0 Å². The summed E-state index contributed by atoms with van der Waals surface area (Å²) in [4.78, 5) is 0. The molecule has 0 atom stereocenters. The van der Waals surface area contributed by atoms with E-state index in [1.165, 1.54) is 0 Å². The van der Waals surface area contributed by atoms with E-state index in [9.17, 15) is 0 Å². The van der Waals surface area contributed by atoms with Crippen molar-refractivity contribution in [3.05, 3.63) is 30.7 Å². The molecule has 4 nitrogen and oxygen atoms in total. The summed E-state index contributed by atoms with van der Waals surface area (Å²) in [6.45, 7) is 0.746. The lowest BCUT2D eigenvalue weighted by molar-refractivity contribution is -0.748. The number of hydrogen-bond donors (Lipinski definition) is 0. The first-order valence-corrected chi connectivity index (χ1v) is 4.07. The molecule has 0 fully saturated rings. The molecule has 0 unspecified atom stereocenters. The highest BCUT2D eigenvalue weighted by Crippen LogP contribution is 2.14. The van der Waals surface area contributed by atoms with Crippen molar-refractivity contribution in [2.75, 3.05) is 0 Å². The Morgan fingerprint density at radius 1 is 1.46 bits per heavy atom. The van der Waals surface area contributed by atoms with Crippen molar-refractivity contribution in [2.45, 2.75) is 6.67 Å². The van der Waals surface area contributed by atoms with Gasteiger partial charge in [0.05, 0.1) is 12.3 Å². The Balaban J connectivity index is 2.37. The maximum Gasteiger partial charge on any atom is 0.592 e. The van der Waals surface area contributed by atoms with Gasteiger partial charge < -0.3 is 0 Å². The van der Waals surface area contributed by atoms with E-state index in [1.807, 2.05) is 29.2 Å². The highest BCUT2D eigenvalue weighted by Gasteiger charge is 2.34. The van der Waals surface area contributed by atoms with Crippen LogP contribution in [-0.2, 0) is 6.67 Å². The van der Waals surface area contributed by atoms with Crippen LogP contribution in [0.4, 0.5) is 0 Å². The molecule has 0 saturated heterocycles. The molecule has 1 aliphatic heterocycles. The van der Waals surface area contributed by atoms with E-state index in [0.717, 1.165) is 18.2 Å². The first-order chi connectivity index (χ1) is 6.36. The molecular weight excluding hydrogens is 163 g/mol. The zero-order valence-electron chi connectivity index (χ0n) is 6.96. The van der Waals surface area contributed by atoms with Crippen molar-refractivity contribution in [1.29, 1.82) is 0 Å². The molecule has 3 rings (SSSR count). The summed E-state index contributed by atoms with van der Waals surface area (Å²) >= 11 is 0. The van der Waals surface area contributed by atoms with E-state index >= 15 is 0 Å². The van der Waals surface area contributed by atoms with Gasteiger partial charge in [0.25, 0.3) is 0 Å². The summed E-state index contributed by atoms with van der Waals surface area (Å²) in [5, 5.41) is 4.18. The fraction of sp³-hybridized carbons (Fsp3) is 0.125. The lowest BCUT2D eigenvalue weighted by atomic mass is 10.3. The Labute approximate surface area is 76.5 Å². The van der Waals surface area contributed by atoms with Crippen LogP contribution in [-0.4, -0.2) is 17.8 Å². The van der Waals surface area contributed by atoms with Gasteiger partial charge in [0, 0.05) is 0 Å². The second-order valence-corrected chi connectivity index (χ2v) is 3.05. The van der Waals surface area contributed by atoms with E-state index < -0.39 is 0 Å². The Hall–Kier alpha value is -1.65. The number of nitrogens with zero attached hydrogens (tertiary/aromatic N) is 4. The predicted molar refractivity (Wildman–Crippen MR) is 44.6 cm³/mol. The van der Waals surface area contributed by atoms with Crippen LogP contribution in [0, 0.1) is 0 Å². The Morgan fingerprint density at radius 2 is 2.38 bits per heavy atom. The molecule has 0 aromatic carbocycles. The van der Waals surface area contributed by atoms with Gasteiger partial charge in [-0.1, -0.05) is 0 Å². The molecule has 0 aliphatic carbocycles. The third-order valence-electron chi connectivity index (χ3n) is 2.26. The third kappa shape index (κ3) is 0.784. The maximum absolute atomic E-state index is 5.80. The van der Waals surface area contributed by atoms with Gasteiger partial charge in [-0.15, -0.1) is 4.57 Å². The monoisotopic (exact) mass is 170 g/mol. The van der Waals surface area contributed by atoms with Gasteiger partial charge >= 0.3 is 13.8 Å². The van der Waals surface area contributed by atoms with E-state index in [2.05, 4.69) is 9.67 Å². The summed E-state index contributed by atoms with van der Waals surface area (Å²) < 4.78 is 5.58. The average molecular weight is 170 g/mol. The second-order valence-electron chi connectivity index (χ2n) is 3.05. The Bertz CT molecular complexity index is 477. The molecule has 2 aromatic heterocycles. The first kappa shape index (κ1) is 6.83. The van der Waals surface area contributed by atoms with Crippen molar-refractivity contribution < 1.29 is 9.05 Å². The molecule has 0 saturated carbocycles. The highest BCUT2D eigenvalue weighted by atomic mass is 15.4. The Kier molecular flexibility index (Phi) is 1.15. The van der Waals surface area contributed by atoms with Crippen molar-refractivity contribution >= 4 is 7.98 Å². The predicted octanol–water partition coefficient (Wildman–Crippen LogP) is -1.12. The van der Waals surface area contributed by atoms with Crippen molar-refractivity contribution in [2.24, 2.45) is 0 Å². The standard InChI is InChI=1S/C8H7BN4/c9-12-5-1-4-11-6-13-7(8(11)12)2-3-10-13/h1-5H,6H2/q+2. The smallest absolute Gasteiger partial charge is 0.226 e. The van der Waals surface area contributed by atoms with Gasteiger partial charge in [-0.05, 0) is 6.07 Å². The average Bonchev–Trinajstić information content (AvgIpc) is 2.62. The largest absolute Gasteiger partial charge is 0.592 e. The van der Waals surface area contributed by atoms with Crippen molar-refractivity contribution in [3.63, 3.8) is 0 Å². The highest BCUT2D eigenvalue weighted by molar-refractivity contribution is 5.95. The molecule has 0 amide bonds. The van der Waals surface area contributed by atoms with Gasteiger partial charge in [-0.2, -0.15) is 9.78 Å². The molecule has 0 spiro atoms. The topological polar surface area (TPSA) is 25.6 Å². The molecule has 1 aliphatic rings. The second kappa shape index (κ2) is 2.19. The molecule has 3 heterocycles. The normalized spacial score (nSPS) is 12.6. The van der Waals surface area contributed by atoms with Gasteiger partial charge in [0.15, 0.2) is 12.4 Å². The zero-order valence-corrected chi connectivity index (χ0v) is 6.96. The Morgan fingerprint density at radius 3 is 3.31 bits per heavy atom. The van der Waals surface area contributed by atoms with Crippen LogP contribution in [0.3, 0.4) is 0 Å². The number of rotatable bonds is 0. The van der Waals surface area contributed by atoms with Crippen LogP contribution in [0.5, 0.6) is 0 Å². The molecule has 5 heteroatoms. The number of fused-ring (bicyclic) bond motifs is 3. The minimum atomic E-state index is 0.746. The van der Waals surface area contributed by atoms with Gasteiger partial charge in [0.1, 0.15) is 0 Å². The molecule has 2 radical (unpaired) electrons. The van der Waals surface area contributed by atoms with Crippen LogP contribution < -0.4 is 9.05 Å². The number of hydrogen-bond acceptors (Lipinski definition) is 1. The van der Waals surface area contributed by atoms with Gasteiger partial charge in [0.2, 0.25) is 12.4 Å². The van der Waals surface area contributed by atoms with Crippen LogP contribution in [0.2, 0.25) is 0 Å². The number of aromatic nitrogens is 4. The van der Waals surface area contributed by atoms with Crippen LogP contribution in [0.25, 0.3) is 11.5 Å². The van der Waals surface area contributed by atoms with E-state index in [1.54, 1.807) is 10.7 Å². The van der Waals surface area contributed by atoms with Gasteiger partial charge in [-0.25, -0.2) is 4.48 Å². The van der Waals surface area contributed by atoms with Crippen LogP contribution in [0.15, 0.2) is 30.7 Å². The van der Waals surface area contributed by atoms with E-state index in [-0.39, 0.29) is 0 Å². The first-order valence-electron chi connectivity index (χ1n) is 4.07. The van der Waals surface area contributed by atoms with Crippen LogP contribution in [0.1, 0.15) is 0 Å². The minimum absolute atomic E-state index is 0.746. The molecule has 13 heavy (non-hydrogen) atoms. The summed E-state index contributed by atoms with van der Waals surface area (Å²) in [7, 11) is 5.80. The molecule has 0 N–H and O–H groups in total. The van der Waals surface area contributed by atoms with Crippen molar-refractivity contribution in [3.8, 4) is 11.5 Å². The SMILES string of the molecule is [B][n+]1ccc[n+]2c1-c1ccnn1C2. The molecule has 0 bridgehead atoms. The third-order valence-corrected chi connectivity index (χ3v) is 2.26. The maximum atomic E-state index is 5.80. The minimum Gasteiger partial charge on any atom is -0.226 e. The summed E-state index contributed by atoms with van der Waals surface area (Å²) in [5.74, 6) is 0.986. The fourth-order valence-corrected chi connectivity index (χ4v) is 1.70. The van der Waals surface area contributed by atoms with E-state index in [4.69, 9.17) is 7.98 Å². The molecule has 2 aromatic rings. The zero-order chi connectivity index (χ0) is 8.84. The van der Waals surface area contributed by atoms with Crippen molar-refractivity contribution in [1.82, 2.24) is 9.78 Å². The summed E-state index contributed by atoms with van der Waals surface area (Å²) in [5.41, 5.74) is 1.06. The summed E-state index contributed by atoms with van der Waals surface area (Å²) in [6, 6.07) is 3.87. The molecule has 60 valence electrons. The lowest BCUT2D eigenvalue weighted by Crippen LogP contribution is -2.47. The summed E-state index contributed by atoms with van der Waals surface area (Å²) in [6.07, 6.45) is 5.60. The van der Waals surface area contributed by atoms with E-state index in [0.29, 0.717) is 0 Å². The molecular formula is C8H7BN4+2. The fourth-order valence-electron chi connectivity index (χ4n) is 1.70. The van der Waals surface area contributed by atoms with Crippen LogP contribution >= 0.6 is 0 Å².